The molecule has 3 rings (SSSR count). The van der Waals surface area contributed by atoms with Crippen molar-refractivity contribution in [2.75, 3.05) is 26.4 Å². The lowest BCUT2D eigenvalue weighted by Gasteiger charge is -2.56. The highest BCUT2D eigenvalue weighted by Crippen LogP contribution is 2.59. The first-order chi connectivity index (χ1) is 18.0. The second-order valence-corrected chi connectivity index (χ2v) is 13.0. The van der Waals surface area contributed by atoms with Gasteiger partial charge in [-0.1, -0.05) is 38.0 Å². The van der Waals surface area contributed by atoms with Crippen LogP contribution in [0.15, 0.2) is 29.2 Å². The monoisotopic (exact) mass is 547 g/mol. The lowest BCUT2D eigenvalue weighted by molar-refractivity contribution is -0.138. The molecule has 0 spiro atoms. The summed E-state index contributed by atoms with van der Waals surface area (Å²) in [5, 5.41) is 9.93. The van der Waals surface area contributed by atoms with Gasteiger partial charge in [0.05, 0.1) is 30.8 Å². The highest BCUT2D eigenvalue weighted by Gasteiger charge is 2.54. The van der Waals surface area contributed by atoms with Crippen molar-refractivity contribution in [3.63, 3.8) is 0 Å². The first kappa shape index (κ1) is 30.7. The van der Waals surface area contributed by atoms with E-state index in [-0.39, 0.29) is 52.3 Å². The lowest BCUT2D eigenvalue weighted by atomic mass is 9.48. The van der Waals surface area contributed by atoms with Crippen LogP contribution in [0.3, 0.4) is 0 Å². The van der Waals surface area contributed by atoms with Gasteiger partial charge in [-0.15, -0.1) is 0 Å². The van der Waals surface area contributed by atoms with Crippen molar-refractivity contribution >= 4 is 15.9 Å². The highest BCUT2D eigenvalue weighted by atomic mass is 32.2. The third-order valence-electron chi connectivity index (χ3n) is 9.23. The summed E-state index contributed by atoms with van der Waals surface area (Å²) in [6, 6.07) is 9.02. The van der Waals surface area contributed by atoms with E-state index in [9.17, 15) is 18.5 Å². The molecule has 3 unspecified atom stereocenters. The number of aryl methyl sites for hydroxylation is 1. The Morgan fingerprint density at radius 1 is 1.16 bits per heavy atom. The summed E-state index contributed by atoms with van der Waals surface area (Å²) in [4.78, 5) is 12.8. The molecule has 0 aromatic heterocycles. The summed E-state index contributed by atoms with van der Waals surface area (Å²) in [6.45, 7) is 11.3. The molecule has 1 aromatic carbocycles. The van der Waals surface area contributed by atoms with E-state index in [1.807, 2.05) is 13.8 Å². The molecule has 2 aliphatic rings. The molecule has 212 valence electrons. The van der Waals surface area contributed by atoms with E-state index in [4.69, 9.17) is 13.7 Å². The third-order valence-corrected chi connectivity index (χ3v) is 10.6. The van der Waals surface area contributed by atoms with E-state index >= 15 is 0 Å². The predicted molar refractivity (Wildman–Crippen MR) is 146 cm³/mol. The van der Waals surface area contributed by atoms with Crippen LogP contribution in [-0.4, -0.2) is 46.7 Å². The highest BCUT2D eigenvalue weighted by molar-refractivity contribution is 7.86. The van der Waals surface area contributed by atoms with Crippen LogP contribution in [0.5, 0.6) is 0 Å². The fraction of sp³-hybridized carbons (Fsp3) is 0.733. The maximum Gasteiger partial charge on any atom is 0.296 e. The Bertz CT molecular complexity index is 1070. The standard InChI is InChI=1S/C30H45NO6S/c1-6-35-18-19-36-29(20-31)22(3)25-14-16-30(5)27(23(4)32)8-7-9-28(30)26(25)15-17-37-38(33,34)24-12-10-21(2)11-13-24/h10-13,22,25-29H,6-9,14-19H2,1-5H3/t22?,25-,26-,27?,28+,29?,30-/m1/s1. The summed E-state index contributed by atoms with van der Waals surface area (Å²) in [5.41, 5.74) is 0.855. The van der Waals surface area contributed by atoms with Gasteiger partial charge >= 0.3 is 0 Å². The van der Waals surface area contributed by atoms with Crippen LogP contribution < -0.4 is 0 Å². The number of benzene rings is 1. The summed E-state index contributed by atoms with van der Waals surface area (Å²) in [6.07, 6.45) is 4.68. The Morgan fingerprint density at radius 3 is 2.50 bits per heavy atom. The Balaban J connectivity index is 1.81. The predicted octanol–water partition coefficient (Wildman–Crippen LogP) is 5.71. The molecule has 0 saturated heterocycles. The molecule has 0 N–H and O–H groups in total. The van der Waals surface area contributed by atoms with Crippen molar-refractivity contribution < 1.29 is 26.9 Å². The first-order valence-corrected chi connectivity index (χ1v) is 15.5. The van der Waals surface area contributed by atoms with Crippen LogP contribution in [0, 0.1) is 53.3 Å². The lowest BCUT2D eigenvalue weighted by Crippen LogP contribution is -2.52. The average Bonchev–Trinajstić information content (AvgIpc) is 2.88. The van der Waals surface area contributed by atoms with Gasteiger partial charge in [-0.2, -0.15) is 13.7 Å². The minimum atomic E-state index is -3.87. The van der Waals surface area contributed by atoms with Crippen molar-refractivity contribution in [2.24, 2.45) is 35.0 Å². The minimum absolute atomic E-state index is 0.0198. The quantitative estimate of drug-likeness (QED) is 0.230. The zero-order chi connectivity index (χ0) is 27.9. The zero-order valence-corrected chi connectivity index (χ0v) is 24.5. The Labute approximate surface area is 229 Å². The fourth-order valence-electron chi connectivity index (χ4n) is 7.22. The van der Waals surface area contributed by atoms with Crippen molar-refractivity contribution in [2.45, 2.75) is 84.1 Å². The number of hydrogen-bond acceptors (Lipinski definition) is 7. The van der Waals surface area contributed by atoms with Crippen molar-refractivity contribution in [1.29, 1.82) is 5.26 Å². The normalized spacial score (nSPS) is 29.2. The molecule has 7 nitrogen and oxygen atoms in total. The van der Waals surface area contributed by atoms with Crippen LogP contribution in [0.1, 0.15) is 71.8 Å². The maximum atomic E-state index is 12.9. The topological polar surface area (TPSA) is 103 Å². The number of carbonyl (C=O) groups is 1. The Kier molecular flexibility index (Phi) is 10.9. The molecule has 0 heterocycles. The van der Waals surface area contributed by atoms with E-state index in [0.29, 0.717) is 26.2 Å². The van der Waals surface area contributed by atoms with E-state index in [0.717, 1.165) is 37.7 Å². The molecule has 8 heteroatoms. The Hall–Kier alpha value is -1.79. The van der Waals surface area contributed by atoms with E-state index in [1.54, 1.807) is 31.2 Å². The molecule has 38 heavy (non-hydrogen) atoms. The summed E-state index contributed by atoms with van der Waals surface area (Å²) < 4.78 is 42.6. The SMILES string of the molecule is CCOCCOC(C#N)C(C)[C@H]1CC[C@]2(C)C(C(C)=O)CCC[C@H]2[C@@H]1CCOS(=O)(=O)c1ccc(C)cc1. The van der Waals surface area contributed by atoms with E-state index < -0.39 is 16.2 Å². The molecular formula is C30H45NO6S. The van der Waals surface area contributed by atoms with Gasteiger partial charge in [0.1, 0.15) is 11.9 Å². The molecule has 0 bridgehead atoms. The summed E-state index contributed by atoms with van der Waals surface area (Å²) >= 11 is 0. The molecule has 7 atom stereocenters. The van der Waals surface area contributed by atoms with Gasteiger partial charge < -0.3 is 9.47 Å². The van der Waals surface area contributed by atoms with Crippen molar-refractivity contribution in [3.8, 4) is 6.07 Å². The van der Waals surface area contributed by atoms with Gasteiger partial charge in [-0.05, 0) is 94.1 Å². The van der Waals surface area contributed by atoms with Crippen LogP contribution in [0.25, 0.3) is 0 Å². The number of fused-ring (bicyclic) bond motifs is 1. The number of ketones is 1. The number of nitriles is 1. The van der Waals surface area contributed by atoms with Gasteiger partial charge in [0.2, 0.25) is 0 Å². The van der Waals surface area contributed by atoms with Crippen LogP contribution in [0.4, 0.5) is 0 Å². The molecule has 0 amide bonds. The number of rotatable bonds is 13. The smallest absolute Gasteiger partial charge is 0.296 e. The number of carbonyl (C=O) groups excluding carboxylic acids is 1. The molecule has 1 aromatic rings. The van der Waals surface area contributed by atoms with Crippen LogP contribution >= 0.6 is 0 Å². The van der Waals surface area contributed by atoms with Gasteiger partial charge in [-0.3, -0.25) is 8.98 Å². The number of ether oxygens (including phenoxy) is 2. The molecule has 2 saturated carbocycles. The second-order valence-electron chi connectivity index (χ2n) is 11.4. The fourth-order valence-corrected chi connectivity index (χ4v) is 8.15. The number of nitrogens with zero attached hydrogens (tertiary/aromatic N) is 1. The van der Waals surface area contributed by atoms with Gasteiger partial charge in [0.15, 0.2) is 0 Å². The molecule has 2 aliphatic carbocycles. The van der Waals surface area contributed by atoms with Crippen LogP contribution in [-0.2, 0) is 28.6 Å². The average molecular weight is 548 g/mol. The second kappa shape index (κ2) is 13.5. The number of hydrogen-bond donors (Lipinski definition) is 0. The minimum Gasteiger partial charge on any atom is -0.379 e. The molecule has 0 aliphatic heterocycles. The first-order valence-electron chi connectivity index (χ1n) is 14.1. The maximum absolute atomic E-state index is 12.9. The number of Topliss-reactive ketones (excluding diaryl/α,β-unsaturated/α-hetero) is 1. The third kappa shape index (κ3) is 7.04. The van der Waals surface area contributed by atoms with Gasteiger partial charge in [-0.25, -0.2) is 0 Å². The Morgan fingerprint density at radius 2 is 1.87 bits per heavy atom. The van der Waals surface area contributed by atoms with Crippen molar-refractivity contribution in [3.05, 3.63) is 29.8 Å². The van der Waals surface area contributed by atoms with Gasteiger partial charge in [0, 0.05) is 12.5 Å². The molecular weight excluding hydrogens is 502 g/mol. The van der Waals surface area contributed by atoms with E-state index in [1.165, 1.54) is 0 Å². The van der Waals surface area contributed by atoms with E-state index in [2.05, 4.69) is 19.9 Å². The van der Waals surface area contributed by atoms with Gasteiger partial charge in [0.25, 0.3) is 10.1 Å². The zero-order valence-electron chi connectivity index (χ0n) is 23.6. The molecule has 2 fully saturated rings. The van der Waals surface area contributed by atoms with Crippen LogP contribution in [0.2, 0.25) is 0 Å². The largest absolute Gasteiger partial charge is 0.379 e. The molecule has 0 radical (unpaired) electrons. The summed E-state index contributed by atoms with van der Waals surface area (Å²) in [5.74, 6) is 0.787. The summed E-state index contributed by atoms with van der Waals surface area (Å²) in [7, 11) is -3.87. The van der Waals surface area contributed by atoms with Crippen molar-refractivity contribution in [1.82, 2.24) is 0 Å².